The summed E-state index contributed by atoms with van der Waals surface area (Å²) in [5.74, 6) is 0.332. The van der Waals surface area contributed by atoms with Gasteiger partial charge in [0.1, 0.15) is 35.1 Å². The smallest absolute Gasteiger partial charge is 0.330 e. The number of non-ortho nitro benzene ring substituents is 1. The van der Waals surface area contributed by atoms with Gasteiger partial charge in [-0.05, 0) is 81.1 Å². The fraction of sp³-hybridized carbons (Fsp3) is 0.463. The molecule has 3 amide bonds. The van der Waals surface area contributed by atoms with Crippen LogP contribution in [0.3, 0.4) is 0 Å². The topological polar surface area (TPSA) is 169 Å². The molecule has 15 heteroatoms. The first kappa shape index (κ1) is 41.0. The van der Waals surface area contributed by atoms with Gasteiger partial charge in [0.15, 0.2) is 11.5 Å². The Hall–Kier alpha value is -4.60. The van der Waals surface area contributed by atoms with Crippen molar-refractivity contribution in [1.82, 2.24) is 9.80 Å². The van der Waals surface area contributed by atoms with E-state index >= 15 is 0 Å². The molecule has 56 heavy (non-hydrogen) atoms. The molecule has 5 atom stereocenters. The van der Waals surface area contributed by atoms with Crippen LogP contribution in [0.25, 0.3) is 0 Å². The average Bonchev–Trinajstić information content (AvgIpc) is 3.83. The molecule has 0 spiro atoms. The number of unbranched alkanes of at least 4 members (excludes halogenated alkanes) is 5. The fourth-order valence-corrected chi connectivity index (χ4v) is 10.3. The Morgan fingerprint density at radius 2 is 1.57 bits per heavy atom. The molecule has 4 aliphatic rings. The highest BCUT2D eigenvalue weighted by Crippen LogP contribution is 2.53. The maximum atomic E-state index is 13.1. The van der Waals surface area contributed by atoms with Crippen LogP contribution >= 0.6 is 11.8 Å². The molecule has 4 aliphatic heterocycles. The Labute approximate surface area is 333 Å². The molecule has 0 N–H and O–H groups in total. The predicted molar refractivity (Wildman–Crippen MR) is 212 cm³/mol. The van der Waals surface area contributed by atoms with Crippen LogP contribution in [0, 0.1) is 10.1 Å². The summed E-state index contributed by atoms with van der Waals surface area (Å²) in [6.07, 6.45) is 8.32. The molecule has 3 aromatic carbocycles. The lowest BCUT2D eigenvalue weighted by Gasteiger charge is -2.46. The quantitative estimate of drug-likeness (QED) is 0.0301. The number of rotatable bonds is 15. The molecular weight excluding hydrogens is 759 g/mol. The number of amides is 3. The van der Waals surface area contributed by atoms with Crippen LogP contribution in [0.2, 0.25) is 0 Å². The standard InChI is InChI=1S/C23H19N3O7S.C18H28O3S/c1-23(2)17(22(30)33-11-12-7-9-13(10-8-12)26(31)32)25-20(29)16(21(25)34-23)24-18(27)14-5-3-4-6-15(14)19(24)28;1-3-4-5-6-7-8-11-22(19)15(2)12-16-9-10-17-18(13-16)21-14-20-17/h3-10,16-17,21H,11H2,1-2H3;9-10,13,15H,3-8,11-12,14H2,1-2H3/t16?,17?,21-;/m1./s1. The molecule has 0 bridgehead atoms. The number of carbonyl (C=O) groups is 4. The molecule has 0 radical (unpaired) electrons. The minimum atomic E-state index is -0.982. The van der Waals surface area contributed by atoms with Crippen molar-refractivity contribution in [3.05, 3.63) is 99.1 Å². The average molecular weight is 806 g/mol. The van der Waals surface area contributed by atoms with Gasteiger partial charge in [0.2, 0.25) is 6.79 Å². The monoisotopic (exact) mass is 805 g/mol. The molecule has 2 fully saturated rings. The van der Waals surface area contributed by atoms with Crippen LogP contribution in [0.5, 0.6) is 11.5 Å². The number of thioether (sulfide) groups is 1. The van der Waals surface area contributed by atoms with Crippen molar-refractivity contribution < 1.29 is 42.9 Å². The SMILES string of the molecule is CC1(C)S[C@@H]2C(N3C(=O)c4ccccc4C3=O)C(=O)N2C1C(=O)OCc1ccc([N+](=O)[O-])cc1.CCCCCCCC[S+]([O-])C(C)Cc1ccc2c(c1)OCO2. The molecule has 4 heterocycles. The number of nitrogens with zero attached hydrogens (tertiary/aromatic N) is 3. The third-order valence-corrected chi connectivity index (χ3v) is 13.7. The molecule has 0 aliphatic carbocycles. The van der Waals surface area contributed by atoms with Crippen molar-refractivity contribution in [2.45, 2.75) is 107 Å². The number of carbonyl (C=O) groups excluding carboxylic acids is 4. The first-order chi connectivity index (χ1) is 26.8. The van der Waals surface area contributed by atoms with Crippen molar-refractivity contribution in [1.29, 1.82) is 0 Å². The number of β-lactam (4-membered cyclic amide) rings is 1. The van der Waals surface area contributed by atoms with E-state index < -0.39 is 62.0 Å². The zero-order valence-corrected chi connectivity index (χ0v) is 33.6. The second kappa shape index (κ2) is 17.7. The van der Waals surface area contributed by atoms with Gasteiger partial charge in [-0.25, -0.2) is 4.79 Å². The zero-order valence-electron chi connectivity index (χ0n) is 32.0. The Kier molecular flexibility index (Phi) is 13.0. The van der Waals surface area contributed by atoms with Gasteiger partial charge in [0.05, 0.1) is 16.1 Å². The first-order valence-corrected chi connectivity index (χ1v) is 21.2. The van der Waals surface area contributed by atoms with Crippen molar-refractivity contribution in [3.63, 3.8) is 0 Å². The highest BCUT2D eigenvalue weighted by Gasteiger charge is 2.67. The lowest BCUT2D eigenvalue weighted by Crippen LogP contribution is -2.71. The summed E-state index contributed by atoms with van der Waals surface area (Å²) >= 11 is 0.603. The van der Waals surface area contributed by atoms with Crippen molar-refractivity contribution in [3.8, 4) is 11.5 Å². The minimum absolute atomic E-state index is 0.0726. The van der Waals surface area contributed by atoms with Gasteiger partial charge >= 0.3 is 5.97 Å². The van der Waals surface area contributed by atoms with Gasteiger partial charge in [-0.15, -0.1) is 11.8 Å². The summed E-state index contributed by atoms with van der Waals surface area (Å²) < 4.78 is 27.8. The molecular formula is C41H47N3O10S2. The molecule has 0 aromatic heterocycles. The summed E-state index contributed by atoms with van der Waals surface area (Å²) in [4.78, 5) is 64.5. The minimum Gasteiger partial charge on any atom is -0.616 e. The summed E-state index contributed by atoms with van der Waals surface area (Å²) in [6, 6.07) is 16.2. The summed E-state index contributed by atoms with van der Waals surface area (Å²) in [7, 11) is 0. The zero-order chi connectivity index (χ0) is 40.1. The van der Waals surface area contributed by atoms with E-state index in [0.717, 1.165) is 35.0 Å². The number of ether oxygens (including phenoxy) is 3. The number of esters is 1. The predicted octanol–water partition coefficient (Wildman–Crippen LogP) is 6.82. The largest absolute Gasteiger partial charge is 0.616 e. The molecule has 7 rings (SSSR count). The van der Waals surface area contributed by atoms with Gasteiger partial charge in [-0.2, -0.15) is 0 Å². The second-order valence-corrected chi connectivity index (χ2v) is 18.6. The Morgan fingerprint density at radius 1 is 0.946 bits per heavy atom. The van der Waals surface area contributed by atoms with Gasteiger partial charge in [-0.3, -0.25) is 29.4 Å². The van der Waals surface area contributed by atoms with Crippen molar-refractivity contribution in [2.75, 3.05) is 12.5 Å². The van der Waals surface area contributed by atoms with Crippen molar-refractivity contribution in [2.24, 2.45) is 0 Å². The van der Waals surface area contributed by atoms with Crippen LogP contribution < -0.4 is 9.47 Å². The molecule has 3 aromatic rings. The summed E-state index contributed by atoms with van der Waals surface area (Å²) in [6.45, 7) is 8.12. The van der Waals surface area contributed by atoms with Crippen LogP contribution in [-0.2, 0) is 38.5 Å². The van der Waals surface area contributed by atoms with Crippen LogP contribution in [0.4, 0.5) is 5.69 Å². The number of fused-ring (bicyclic) bond motifs is 3. The second-order valence-electron chi connectivity index (χ2n) is 14.8. The Bertz CT molecular complexity index is 1920. The fourth-order valence-electron chi connectivity index (χ4n) is 7.34. The number of imide groups is 1. The first-order valence-electron chi connectivity index (χ1n) is 18.9. The number of nitro groups is 1. The maximum absolute atomic E-state index is 13.1. The molecule has 13 nitrogen and oxygen atoms in total. The van der Waals surface area contributed by atoms with E-state index in [0.29, 0.717) is 12.4 Å². The van der Waals surface area contributed by atoms with Gasteiger partial charge in [0, 0.05) is 23.3 Å². The van der Waals surface area contributed by atoms with Crippen LogP contribution in [0.1, 0.15) is 98.1 Å². The van der Waals surface area contributed by atoms with E-state index in [1.807, 2.05) is 18.2 Å². The Morgan fingerprint density at radius 3 is 2.23 bits per heavy atom. The summed E-state index contributed by atoms with van der Waals surface area (Å²) in [5.41, 5.74) is 2.20. The third kappa shape index (κ3) is 8.69. The molecule has 4 unspecified atom stereocenters. The lowest BCUT2D eigenvalue weighted by molar-refractivity contribution is -0.384. The van der Waals surface area contributed by atoms with E-state index in [1.165, 1.54) is 78.6 Å². The number of hydrogen-bond acceptors (Lipinski definition) is 11. The van der Waals surface area contributed by atoms with E-state index in [4.69, 9.17) is 14.2 Å². The highest BCUT2D eigenvalue weighted by molar-refractivity contribution is 8.01. The number of benzene rings is 3. The van der Waals surface area contributed by atoms with E-state index in [2.05, 4.69) is 13.8 Å². The normalized spacial score (nSPS) is 21.1. The summed E-state index contributed by atoms with van der Waals surface area (Å²) in [5, 5.41) is 10.4. The van der Waals surface area contributed by atoms with Crippen LogP contribution in [0.15, 0.2) is 66.7 Å². The van der Waals surface area contributed by atoms with E-state index in [-0.39, 0.29) is 28.7 Å². The van der Waals surface area contributed by atoms with Crippen LogP contribution in [-0.4, -0.2) is 83.0 Å². The third-order valence-electron chi connectivity index (χ3n) is 10.4. The van der Waals surface area contributed by atoms with Gasteiger partial charge < -0.3 is 23.7 Å². The lowest BCUT2D eigenvalue weighted by atomic mass is 9.95. The van der Waals surface area contributed by atoms with Crippen molar-refractivity contribution >= 4 is 52.3 Å². The van der Waals surface area contributed by atoms with Gasteiger partial charge in [0.25, 0.3) is 23.4 Å². The van der Waals surface area contributed by atoms with Gasteiger partial charge in [-0.1, -0.05) is 62.0 Å². The van der Waals surface area contributed by atoms with E-state index in [1.54, 1.807) is 38.1 Å². The highest BCUT2D eigenvalue weighted by atomic mass is 32.2. The Balaban J connectivity index is 0.000000209. The number of hydrogen-bond donors (Lipinski definition) is 0. The maximum Gasteiger partial charge on any atom is 0.330 e. The molecule has 0 saturated carbocycles. The molecule has 2 saturated heterocycles. The molecule has 298 valence electrons. The number of nitro benzene ring substituents is 1. The van der Waals surface area contributed by atoms with E-state index in [9.17, 15) is 33.8 Å².